The first kappa shape index (κ1) is 22.3. The van der Waals surface area contributed by atoms with E-state index >= 15 is 0 Å². The lowest BCUT2D eigenvalue weighted by Gasteiger charge is -2.21. The molecule has 1 aliphatic carbocycles. The third-order valence-corrected chi connectivity index (χ3v) is 7.64. The molecule has 1 aromatic carbocycles. The predicted octanol–water partition coefficient (Wildman–Crippen LogP) is 4.18. The number of rotatable bonds is 9. The van der Waals surface area contributed by atoms with E-state index in [1.165, 1.54) is 10.4 Å². The van der Waals surface area contributed by atoms with Crippen LogP contribution in [0.2, 0.25) is 0 Å². The third kappa shape index (κ3) is 4.95. The average Bonchev–Trinajstić information content (AvgIpc) is 3.38. The van der Waals surface area contributed by atoms with E-state index in [0.717, 1.165) is 35.0 Å². The molecule has 2 aromatic heterocycles. The van der Waals surface area contributed by atoms with Crippen molar-refractivity contribution in [2.45, 2.75) is 38.0 Å². The first-order valence-electron chi connectivity index (χ1n) is 10.6. The molecule has 0 fully saturated rings. The number of aryl methyl sites for hydroxylation is 2. The van der Waals surface area contributed by atoms with Crippen LogP contribution in [0, 0.1) is 11.3 Å². The van der Waals surface area contributed by atoms with E-state index in [1.54, 1.807) is 46.2 Å². The number of hydrogen-bond donors (Lipinski definition) is 1. The number of amides is 1. The first-order chi connectivity index (χ1) is 15.6. The van der Waals surface area contributed by atoms with Gasteiger partial charge in [0.1, 0.15) is 10.7 Å². The van der Waals surface area contributed by atoms with Crippen LogP contribution in [0.5, 0.6) is 0 Å². The number of nitrogens with zero attached hydrogens (tertiary/aromatic N) is 3. The van der Waals surface area contributed by atoms with Gasteiger partial charge in [0, 0.05) is 30.1 Å². The molecule has 1 N–H and O–H groups in total. The van der Waals surface area contributed by atoms with Crippen LogP contribution in [0.15, 0.2) is 41.7 Å². The smallest absolute Gasteiger partial charge is 0.259 e. The standard InChI is InChI=1S/C24H24N4O2S2/c1-2-11-28(14-17-8-6-16(13-25)7-9-17)21(29)10-12-31-15-20-26-23(30)22-18-4-3-5-19(18)32-24(22)27-20/h2,6-9H,1,3-5,10-12,14-15H2,(H,26,27,30). The molecule has 0 saturated carbocycles. The van der Waals surface area contributed by atoms with Gasteiger partial charge < -0.3 is 9.88 Å². The summed E-state index contributed by atoms with van der Waals surface area (Å²) in [6.45, 7) is 4.71. The summed E-state index contributed by atoms with van der Waals surface area (Å²) in [5.74, 6) is 1.93. The highest BCUT2D eigenvalue weighted by Crippen LogP contribution is 2.34. The fraction of sp³-hybridized carbons (Fsp3) is 0.333. The number of aromatic nitrogens is 2. The maximum atomic E-state index is 12.7. The maximum absolute atomic E-state index is 12.7. The SMILES string of the molecule is C=CCN(Cc1ccc(C#N)cc1)C(=O)CCSCc1nc2sc3c(c2c(=O)[nH]1)CCC3. The van der Waals surface area contributed by atoms with Gasteiger partial charge in [-0.05, 0) is 42.5 Å². The largest absolute Gasteiger partial charge is 0.335 e. The number of benzene rings is 1. The molecule has 3 aromatic rings. The van der Waals surface area contributed by atoms with Crippen LogP contribution in [0.25, 0.3) is 10.2 Å². The number of H-pyrrole nitrogens is 1. The molecule has 0 bridgehead atoms. The van der Waals surface area contributed by atoms with Crippen LogP contribution in [0.3, 0.4) is 0 Å². The number of carbonyl (C=O) groups is 1. The van der Waals surface area contributed by atoms with Gasteiger partial charge in [0.2, 0.25) is 5.91 Å². The zero-order chi connectivity index (χ0) is 22.5. The van der Waals surface area contributed by atoms with Crippen LogP contribution >= 0.6 is 23.1 Å². The van der Waals surface area contributed by atoms with E-state index in [-0.39, 0.29) is 11.5 Å². The third-order valence-electron chi connectivity index (χ3n) is 5.48. The second kappa shape index (κ2) is 10.2. The van der Waals surface area contributed by atoms with Crippen LogP contribution in [0.1, 0.15) is 40.2 Å². The first-order valence-corrected chi connectivity index (χ1v) is 12.5. The van der Waals surface area contributed by atoms with Gasteiger partial charge in [-0.3, -0.25) is 9.59 Å². The molecule has 1 amide bonds. The summed E-state index contributed by atoms with van der Waals surface area (Å²) < 4.78 is 0. The maximum Gasteiger partial charge on any atom is 0.259 e. The van der Waals surface area contributed by atoms with Crippen molar-refractivity contribution in [3.63, 3.8) is 0 Å². The number of thioether (sulfide) groups is 1. The van der Waals surface area contributed by atoms with Gasteiger partial charge in [-0.25, -0.2) is 4.98 Å². The van der Waals surface area contributed by atoms with Crippen LogP contribution in [-0.2, 0) is 29.9 Å². The van der Waals surface area contributed by atoms with Crippen LogP contribution in [0.4, 0.5) is 0 Å². The molecule has 0 atom stereocenters. The molecule has 0 spiro atoms. The van der Waals surface area contributed by atoms with Gasteiger partial charge in [-0.2, -0.15) is 17.0 Å². The van der Waals surface area contributed by atoms with Crippen molar-refractivity contribution in [1.29, 1.82) is 5.26 Å². The fourth-order valence-electron chi connectivity index (χ4n) is 3.92. The average molecular weight is 465 g/mol. The van der Waals surface area contributed by atoms with Gasteiger partial charge in [-0.1, -0.05) is 18.2 Å². The Hall–Kier alpha value is -2.89. The van der Waals surface area contributed by atoms with E-state index in [4.69, 9.17) is 5.26 Å². The summed E-state index contributed by atoms with van der Waals surface area (Å²) in [5.41, 5.74) is 2.72. The summed E-state index contributed by atoms with van der Waals surface area (Å²) in [5, 5.41) is 9.70. The molecule has 1 aliphatic rings. The van der Waals surface area contributed by atoms with Crippen molar-refractivity contribution in [2.24, 2.45) is 0 Å². The molecular formula is C24H24N4O2S2. The Morgan fingerprint density at radius 3 is 2.91 bits per heavy atom. The highest BCUT2D eigenvalue weighted by molar-refractivity contribution is 7.98. The summed E-state index contributed by atoms with van der Waals surface area (Å²) in [6, 6.07) is 9.36. The van der Waals surface area contributed by atoms with E-state index in [0.29, 0.717) is 42.4 Å². The number of carbonyl (C=O) groups excluding carboxylic acids is 1. The van der Waals surface area contributed by atoms with Crippen molar-refractivity contribution >= 4 is 39.2 Å². The van der Waals surface area contributed by atoms with Crippen molar-refractivity contribution in [2.75, 3.05) is 12.3 Å². The van der Waals surface area contributed by atoms with Crippen molar-refractivity contribution in [3.05, 3.63) is 74.7 Å². The second-order valence-corrected chi connectivity index (χ2v) is 9.91. The molecule has 0 radical (unpaired) electrons. The second-order valence-electron chi connectivity index (χ2n) is 7.72. The molecule has 32 heavy (non-hydrogen) atoms. The lowest BCUT2D eigenvalue weighted by Crippen LogP contribution is -2.30. The monoisotopic (exact) mass is 464 g/mol. The topological polar surface area (TPSA) is 89.8 Å². The normalized spacial score (nSPS) is 12.5. The summed E-state index contributed by atoms with van der Waals surface area (Å²) in [4.78, 5) is 36.8. The van der Waals surface area contributed by atoms with Gasteiger partial charge in [0.15, 0.2) is 0 Å². The minimum Gasteiger partial charge on any atom is -0.335 e. The highest BCUT2D eigenvalue weighted by atomic mass is 32.2. The number of fused-ring (bicyclic) bond motifs is 3. The summed E-state index contributed by atoms with van der Waals surface area (Å²) >= 11 is 3.24. The molecule has 164 valence electrons. The minimum atomic E-state index is -0.0411. The molecule has 0 unspecified atom stereocenters. The summed E-state index contributed by atoms with van der Waals surface area (Å²) in [7, 11) is 0. The number of nitrogens with one attached hydrogen (secondary N) is 1. The minimum absolute atomic E-state index is 0.0411. The van der Waals surface area contributed by atoms with Gasteiger partial charge in [0.25, 0.3) is 5.56 Å². The van der Waals surface area contributed by atoms with Gasteiger partial charge in [-0.15, -0.1) is 17.9 Å². The van der Waals surface area contributed by atoms with Crippen molar-refractivity contribution in [1.82, 2.24) is 14.9 Å². The van der Waals surface area contributed by atoms with Gasteiger partial charge >= 0.3 is 0 Å². The zero-order valence-corrected chi connectivity index (χ0v) is 19.4. The molecular weight excluding hydrogens is 440 g/mol. The molecule has 0 aliphatic heterocycles. The molecule has 6 nitrogen and oxygen atoms in total. The Bertz CT molecular complexity index is 1240. The van der Waals surface area contributed by atoms with E-state index < -0.39 is 0 Å². The number of nitriles is 1. The molecule has 2 heterocycles. The molecule has 8 heteroatoms. The Labute approximate surface area is 195 Å². The molecule has 4 rings (SSSR count). The Morgan fingerprint density at radius 1 is 1.34 bits per heavy atom. The number of thiophene rings is 1. The molecule has 0 saturated heterocycles. The quantitative estimate of drug-likeness (QED) is 0.379. The van der Waals surface area contributed by atoms with Crippen molar-refractivity contribution in [3.8, 4) is 6.07 Å². The lowest BCUT2D eigenvalue weighted by molar-refractivity contribution is -0.130. The van der Waals surface area contributed by atoms with Crippen LogP contribution in [-0.4, -0.2) is 33.1 Å². The number of hydrogen-bond acceptors (Lipinski definition) is 6. The Kier molecular flexibility index (Phi) is 7.08. The van der Waals surface area contributed by atoms with E-state index in [1.807, 2.05) is 12.1 Å². The zero-order valence-electron chi connectivity index (χ0n) is 17.7. The van der Waals surface area contributed by atoms with Crippen LogP contribution < -0.4 is 5.56 Å². The van der Waals surface area contributed by atoms with Gasteiger partial charge in [0.05, 0.1) is 22.8 Å². The predicted molar refractivity (Wildman–Crippen MR) is 130 cm³/mol. The Morgan fingerprint density at radius 2 is 2.16 bits per heavy atom. The fourth-order valence-corrected chi connectivity index (χ4v) is 5.99. The van der Waals surface area contributed by atoms with E-state index in [9.17, 15) is 9.59 Å². The van der Waals surface area contributed by atoms with E-state index in [2.05, 4.69) is 22.6 Å². The Balaban J connectivity index is 1.31. The number of aromatic amines is 1. The van der Waals surface area contributed by atoms with Crippen molar-refractivity contribution < 1.29 is 4.79 Å². The highest BCUT2D eigenvalue weighted by Gasteiger charge is 2.21. The lowest BCUT2D eigenvalue weighted by atomic mass is 10.1. The summed E-state index contributed by atoms with van der Waals surface area (Å²) in [6.07, 6.45) is 5.26.